The molecule has 0 unspecified atom stereocenters. The van der Waals surface area contributed by atoms with E-state index in [-0.39, 0.29) is 18.8 Å². The van der Waals surface area contributed by atoms with Crippen LogP contribution < -0.4 is 0 Å². The molecule has 1 heterocycles. The maximum Gasteiger partial charge on any atom is 0.0854 e. The largest absolute Gasteiger partial charge is 0.394 e. The summed E-state index contributed by atoms with van der Waals surface area (Å²) in [5.41, 5.74) is 5.09. The summed E-state index contributed by atoms with van der Waals surface area (Å²) in [6.07, 6.45) is 3.62. The zero-order valence-corrected chi connectivity index (χ0v) is 15.5. The molecule has 0 radical (unpaired) electrons. The van der Waals surface area contributed by atoms with E-state index in [4.69, 9.17) is 16.3 Å². The van der Waals surface area contributed by atoms with Gasteiger partial charge in [0.2, 0.25) is 0 Å². The van der Waals surface area contributed by atoms with E-state index in [0.29, 0.717) is 18.8 Å². The number of halogens is 1. The van der Waals surface area contributed by atoms with Gasteiger partial charge < -0.3 is 14.9 Å². The minimum absolute atomic E-state index is 0.0502. The molecule has 1 saturated carbocycles. The van der Waals surface area contributed by atoms with Crippen LogP contribution in [0.15, 0.2) is 42.5 Å². The van der Waals surface area contributed by atoms with Gasteiger partial charge in [-0.25, -0.2) is 0 Å². The average molecular weight is 373 g/mol. The van der Waals surface area contributed by atoms with Crippen LogP contribution in [0.2, 0.25) is 5.02 Å². The third kappa shape index (κ3) is 4.12. The topological polar surface area (TPSA) is 49.7 Å². The summed E-state index contributed by atoms with van der Waals surface area (Å²) in [4.78, 5) is 0. The van der Waals surface area contributed by atoms with E-state index in [1.54, 1.807) is 0 Å². The predicted octanol–water partition coefficient (Wildman–Crippen LogP) is 4.38. The molecule has 1 saturated heterocycles. The Kier molecular flexibility index (Phi) is 5.32. The van der Waals surface area contributed by atoms with Gasteiger partial charge in [0.15, 0.2) is 0 Å². The maximum absolute atomic E-state index is 10.1. The molecule has 2 aliphatic rings. The van der Waals surface area contributed by atoms with Gasteiger partial charge in [-0.1, -0.05) is 41.9 Å². The molecule has 1 aliphatic carbocycles. The highest BCUT2D eigenvalue weighted by molar-refractivity contribution is 6.30. The van der Waals surface area contributed by atoms with Crippen molar-refractivity contribution in [3.8, 4) is 0 Å². The van der Waals surface area contributed by atoms with Crippen molar-refractivity contribution in [2.75, 3.05) is 6.61 Å². The number of hydrogen-bond donors (Lipinski definition) is 2. The molecule has 1 aliphatic heterocycles. The fraction of sp³-hybridized carbons (Fsp3) is 0.455. The molecule has 2 aromatic carbocycles. The molecule has 0 aromatic heterocycles. The van der Waals surface area contributed by atoms with Crippen LogP contribution in [0, 0.1) is 0 Å². The van der Waals surface area contributed by atoms with Crippen molar-refractivity contribution in [2.24, 2.45) is 0 Å². The van der Waals surface area contributed by atoms with E-state index in [0.717, 1.165) is 17.0 Å². The first kappa shape index (κ1) is 18.0. The van der Waals surface area contributed by atoms with Gasteiger partial charge in [-0.2, -0.15) is 0 Å². The Morgan fingerprint density at radius 3 is 2.50 bits per heavy atom. The average Bonchev–Trinajstić information content (AvgIpc) is 3.48. The lowest BCUT2D eigenvalue weighted by Gasteiger charge is -2.33. The number of aliphatic hydroxyl groups is 2. The zero-order valence-electron chi connectivity index (χ0n) is 14.8. The molecule has 4 rings (SSSR count). The maximum atomic E-state index is 10.1. The second kappa shape index (κ2) is 7.69. The molecule has 2 aromatic rings. The molecule has 3 nitrogen and oxygen atoms in total. The van der Waals surface area contributed by atoms with Crippen LogP contribution >= 0.6 is 11.6 Å². The molecule has 0 spiro atoms. The molecular formula is C22H25ClO3. The fourth-order valence-electron chi connectivity index (χ4n) is 3.92. The fourth-order valence-corrected chi connectivity index (χ4v) is 4.04. The van der Waals surface area contributed by atoms with E-state index in [1.165, 1.54) is 29.5 Å². The lowest BCUT2D eigenvalue weighted by Crippen LogP contribution is -2.33. The van der Waals surface area contributed by atoms with E-state index in [2.05, 4.69) is 30.3 Å². The third-order valence-electron chi connectivity index (χ3n) is 5.45. The van der Waals surface area contributed by atoms with Crippen LogP contribution in [-0.4, -0.2) is 29.0 Å². The van der Waals surface area contributed by atoms with Gasteiger partial charge in [0.05, 0.1) is 24.9 Å². The number of benzene rings is 2. The van der Waals surface area contributed by atoms with E-state index in [1.807, 2.05) is 12.1 Å². The zero-order chi connectivity index (χ0) is 18.1. The van der Waals surface area contributed by atoms with Crippen LogP contribution in [-0.2, 0) is 11.2 Å². The van der Waals surface area contributed by atoms with Crippen LogP contribution in [0.4, 0.5) is 0 Å². The highest BCUT2D eigenvalue weighted by Crippen LogP contribution is 2.43. The molecule has 2 fully saturated rings. The molecule has 138 valence electrons. The summed E-state index contributed by atoms with van der Waals surface area (Å²) < 4.78 is 6.00. The van der Waals surface area contributed by atoms with E-state index >= 15 is 0 Å². The van der Waals surface area contributed by atoms with Crippen LogP contribution in [0.5, 0.6) is 0 Å². The summed E-state index contributed by atoms with van der Waals surface area (Å²) in [5, 5.41) is 20.3. The van der Waals surface area contributed by atoms with Gasteiger partial charge in [0.1, 0.15) is 0 Å². The molecule has 4 heteroatoms. The number of ether oxygens (including phenoxy) is 1. The highest BCUT2D eigenvalue weighted by Gasteiger charge is 2.31. The predicted molar refractivity (Wildman–Crippen MR) is 103 cm³/mol. The van der Waals surface area contributed by atoms with Gasteiger partial charge in [0.25, 0.3) is 0 Å². The smallest absolute Gasteiger partial charge is 0.0854 e. The lowest BCUT2D eigenvalue weighted by molar-refractivity contribution is -0.113. The van der Waals surface area contributed by atoms with Gasteiger partial charge in [-0.3, -0.25) is 0 Å². The second-order valence-electron chi connectivity index (χ2n) is 7.59. The van der Waals surface area contributed by atoms with Gasteiger partial charge in [-0.15, -0.1) is 0 Å². The Hall–Kier alpha value is -1.39. The standard InChI is InChI=1S/C22H25ClO3/c23-18-6-1-14(2-7-18)9-17-10-16(5-8-21(17)15-3-4-15)22-12-19(25)11-20(13-24)26-22/h1-2,5-8,10,15,19-20,22,24-25H,3-4,9,11-13H2/t19-,20-,22+/m0/s1. The number of rotatable bonds is 5. The van der Waals surface area contributed by atoms with E-state index < -0.39 is 6.10 Å². The van der Waals surface area contributed by atoms with Crippen molar-refractivity contribution in [3.63, 3.8) is 0 Å². The molecule has 3 atom stereocenters. The van der Waals surface area contributed by atoms with Crippen molar-refractivity contribution in [2.45, 2.75) is 56.3 Å². The van der Waals surface area contributed by atoms with Crippen molar-refractivity contribution in [1.29, 1.82) is 0 Å². The summed E-state index contributed by atoms with van der Waals surface area (Å²) in [5.74, 6) is 0.675. The number of hydrogen-bond acceptors (Lipinski definition) is 3. The first-order valence-corrected chi connectivity index (χ1v) is 9.81. The van der Waals surface area contributed by atoms with Gasteiger partial charge in [0, 0.05) is 17.9 Å². The van der Waals surface area contributed by atoms with E-state index in [9.17, 15) is 10.2 Å². The van der Waals surface area contributed by atoms with Crippen molar-refractivity contribution >= 4 is 11.6 Å². The normalized spacial score (nSPS) is 26.0. The van der Waals surface area contributed by atoms with Crippen molar-refractivity contribution in [1.82, 2.24) is 0 Å². The Bertz CT molecular complexity index is 754. The highest BCUT2D eigenvalue weighted by atomic mass is 35.5. The Labute approximate surface area is 159 Å². The Morgan fingerprint density at radius 1 is 1.04 bits per heavy atom. The summed E-state index contributed by atoms with van der Waals surface area (Å²) >= 11 is 6.01. The second-order valence-corrected chi connectivity index (χ2v) is 8.03. The lowest BCUT2D eigenvalue weighted by atomic mass is 9.90. The summed E-state index contributed by atoms with van der Waals surface area (Å²) in [7, 11) is 0. The van der Waals surface area contributed by atoms with Crippen LogP contribution in [0.3, 0.4) is 0 Å². The van der Waals surface area contributed by atoms with Gasteiger partial charge >= 0.3 is 0 Å². The molecule has 0 amide bonds. The summed E-state index contributed by atoms with van der Waals surface area (Å²) in [6.45, 7) is -0.0502. The summed E-state index contributed by atoms with van der Waals surface area (Å²) in [6, 6.07) is 14.6. The van der Waals surface area contributed by atoms with Crippen molar-refractivity contribution < 1.29 is 14.9 Å². The Balaban J connectivity index is 1.61. The first-order chi connectivity index (χ1) is 12.6. The SMILES string of the molecule is OC[C@@H]1C[C@H](O)C[C@H](c2ccc(C3CC3)c(Cc3ccc(Cl)cc3)c2)O1. The molecule has 26 heavy (non-hydrogen) atoms. The molecular weight excluding hydrogens is 348 g/mol. The van der Waals surface area contributed by atoms with Crippen molar-refractivity contribution in [3.05, 3.63) is 69.7 Å². The van der Waals surface area contributed by atoms with Gasteiger partial charge in [-0.05, 0) is 59.6 Å². The van der Waals surface area contributed by atoms with Crippen LogP contribution in [0.1, 0.15) is 60.0 Å². The molecule has 0 bridgehead atoms. The van der Waals surface area contributed by atoms with Crippen LogP contribution in [0.25, 0.3) is 0 Å². The monoisotopic (exact) mass is 372 g/mol. The first-order valence-electron chi connectivity index (χ1n) is 9.44. The number of aliphatic hydroxyl groups excluding tert-OH is 2. The minimum atomic E-state index is -0.422. The quantitative estimate of drug-likeness (QED) is 0.818. The minimum Gasteiger partial charge on any atom is -0.394 e. The Morgan fingerprint density at radius 2 is 1.81 bits per heavy atom. The third-order valence-corrected chi connectivity index (χ3v) is 5.70. The molecule has 2 N–H and O–H groups in total.